The van der Waals surface area contributed by atoms with Crippen LogP contribution in [0.5, 0.6) is 0 Å². The Morgan fingerprint density at radius 1 is 1.25 bits per heavy atom. The van der Waals surface area contributed by atoms with E-state index >= 15 is 0 Å². The predicted molar refractivity (Wildman–Crippen MR) is 104 cm³/mol. The quantitative estimate of drug-likeness (QED) is 0.622. The first-order valence-electron chi connectivity index (χ1n) is 9.41. The van der Waals surface area contributed by atoms with Crippen LogP contribution in [-0.2, 0) is 4.79 Å². The van der Waals surface area contributed by atoms with Crippen molar-refractivity contribution in [2.24, 2.45) is 16.8 Å². The summed E-state index contributed by atoms with van der Waals surface area (Å²) in [6.45, 7) is 14.2. The topological polar surface area (TPSA) is 47.9 Å². The molecule has 2 heterocycles. The zero-order chi connectivity index (χ0) is 17.5. The van der Waals surface area contributed by atoms with Crippen molar-refractivity contribution in [3.05, 3.63) is 0 Å². The number of amides is 1. The van der Waals surface area contributed by atoms with Crippen molar-refractivity contribution in [3.63, 3.8) is 0 Å². The van der Waals surface area contributed by atoms with Crippen LogP contribution in [0.15, 0.2) is 4.99 Å². The summed E-state index contributed by atoms with van der Waals surface area (Å²) in [5.41, 5.74) is 0. The van der Waals surface area contributed by atoms with Gasteiger partial charge < -0.3 is 15.1 Å². The molecule has 0 aromatic carbocycles. The summed E-state index contributed by atoms with van der Waals surface area (Å²) in [4.78, 5) is 20.8. The maximum Gasteiger partial charge on any atom is 0.219 e. The fourth-order valence-corrected chi connectivity index (χ4v) is 4.64. The first-order chi connectivity index (χ1) is 11.5. The number of rotatable bonds is 4. The summed E-state index contributed by atoms with van der Waals surface area (Å²) in [5.74, 6) is 3.78. The summed E-state index contributed by atoms with van der Waals surface area (Å²) in [6.07, 6.45) is 2.15. The van der Waals surface area contributed by atoms with Crippen LogP contribution < -0.4 is 5.32 Å². The van der Waals surface area contributed by atoms with Gasteiger partial charge in [0.1, 0.15) is 0 Å². The van der Waals surface area contributed by atoms with Crippen molar-refractivity contribution in [3.8, 4) is 0 Å². The lowest BCUT2D eigenvalue weighted by Crippen LogP contribution is -2.49. The lowest BCUT2D eigenvalue weighted by Gasteiger charge is -2.36. The van der Waals surface area contributed by atoms with E-state index in [1.165, 1.54) is 5.75 Å². The van der Waals surface area contributed by atoms with E-state index in [2.05, 4.69) is 42.7 Å². The lowest BCUT2D eigenvalue weighted by atomic mass is 9.97. The molecular weight excluding hydrogens is 320 g/mol. The summed E-state index contributed by atoms with van der Waals surface area (Å²) < 4.78 is 0. The molecule has 0 bridgehead atoms. The van der Waals surface area contributed by atoms with Gasteiger partial charge in [0.05, 0.1) is 0 Å². The summed E-state index contributed by atoms with van der Waals surface area (Å²) in [5, 5.41) is 4.18. The van der Waals surface area contributed by atoms with Gasteiger partial charge in [0, 0.05) is 57.2 Å². The highest BCUT2D eigenvalue weighted by Gasteiger charge is 2.25. The standard InChI is InChI=1S/C18H34N4OS/c1-5-19-18(22-10-11-24-17(13-22)14(2)3)20-12-16-6-8-21(9-7-16)15(4)23/h14,16-17H,5-13H2,1-4H3,(H,19,20). The fourth-order valence-electron chi connectivity index (χ4n) is 3.34. The van der Waals surface area contributed by atoms with Crippen molar-refractivity contribution >= 4 is 23.6 Å². The number of piperidine rings is 1. The zero-order valence-corrected chi connectivity index (χ0v) is 16.6. The molecule has 2 fully saturated rings. The van der Waals surface area contributed by atoms with Gasteiger partial charge in [-0.3, -0.25) is 9.79 Å². The molecule has 2 aliphatic rings. The minimum atomic E-state index is 0.204. The second-order valence-electron chi connectivity index (χ2n) is 7.24. The van der Waals surface area contributed by atoms with Gasteiger partial charge in [0.2, 0.25) is 5.91 Å². The van der Waals surface area contributed by atoms with E-state index in [1.54, 1.807) is 6.92 Å². The Morgan fingerprint density at radius 2 is 1.96 bits per heavy atom. The summed E-state index contributed by atoms with van der Waals surface area (Å²) >= 11 is 2.10. The first kappa shape index (κ1) is 19.4. The molecule has 1 unspecified atom stereocenters. The molecule has 0 aliphatic carbocycles. The molecule has 24 heavy (non-hydrogen) atoms. The number of nitrogens with one attached hydrogen (secondary N) is 1. The average molecular weight is 355 g/mol. The minimum Gasteiger partial charge on any atom is -0.357 e. The Hall–Kier alpha value is -0.910. The highest BCUT2D eigenvalue weighted by Crippen LogP contribution is 2.25. The number of carbonyl (C=O) groups excluding carboxylic acids is 1. The van der Waals surface area contributed by atoms with Crippen molar-refractivity contribution in [1.82, 2.24) is 15.1 Å². The van der Waals surface area contributed by atoms with Gasteiger partial charge in [-0.15, -0.1) is 0 Å². The Bertz CT molecular complexity index is 433. The van der Waals surface area contributed by atoms with E-state index in [0.29, 0.717) is 17.1 Å². The maximum absolute atomic E-state index is 11.4. The van der Waals surface area contributed by atoms with Crippen molar-refractivity contribution < 1.29 is 4.79 Å². The van der Waals surface area contributed by atoms with E-state index in [1.807, 2.05) is 4.90 Å². The van der Waals surface area contributed by atoms with Crippen LogP contribution in [0.2, 0.25) is 0 Å². The molecule has 0 aromatic heterocycles. The molecule has 2 saturated heterocycles. The van der Waals surface area contributed by atoms with E-state index in [4.69, 9.17) is 4.99 Å². The molecule has 0 saturated carbocycles. The second-order valence-corrected chi connectivity index (χ2v) is 8.59. The van der Waals surface area contributed by atoms with E-state index < -0.39 is 0 Å². The van der Waals surface area contributed by atoms with E-state index in [-0.39, 0.29) is 5.91 Å². The number of aliphatic imine (C=N–C) groups is 1. The van der Waals surface area contributed by atoms with Crippen molar-refractivity contribution in [2.75, 3.05) is 45.0 Å². The third kappa shape index (κ3) is 5.57. The molecule has 0 radical (unpaired) electrons. The van der Waals surface area contributed by atoms with Crippen molar-refractivity contribution in [2.45, 2.75) is 45.8 Å². The molecule has 138 valence electrons. The second kappa shape index (κ2) is 9.54. The third-order valence-electron chi connectivity index (χ3n) is 5.03. The molecule has 1 N–H and O–H groups in total. The number of thioether (sulfide) groups is 1. The molecule has 5 nitrogen and oxygen atoms in total. The van der Waals surface area contributed by atoms with Crippen LogP contribution in [0.1, 0.15) is 40.5 Å². The van der Waals surface area contributed by atoms with Crippen LogP contribution in [-0.4, -0.2) is 71.9 Å². The molecular formula is C18H34N4OS. The number of hydrogen-bond donors (Lipinski definition) is 1. The Morgan fingerprint density at radius 3 is 2.54 bits per heavy atom. The predicted octanol–water partition coefficient (Wildman–Crippen LogP) is 2.28. The maximum atomic E-state index is 11.4. The number of guanidine groups is 1. The average Bonchev–Trinajstić information content (AvgIpc) is 2.59. The number of carbonyl (C=O) groups is 1. The number of hydrogen-bond acceptors (Lipinski definition) is 3. The molecule has 6 heteroatoms. The van der Waals surface area contributed by atoms with Gasteiger partial charge in [0.25, 0.3) is 0 Å². The first-order valence-corrected chi connectivity index (χ1v) is 10.5. The van der Waals surface area contributed by atoms with E-state index in [9.17, 15) is 4.79 Å². The lowest BCUT2D eigenvalue weighted by molar-refractivity contribution is -0.130. The number of nitrogens with zero attached hydrogens (tertiary/aromatic N) is 3. The van der Waals surface area contributed by atoms with Crippen LogP contribution in [0, 0.1) is 11.8 Å². The van der Waals surface area contributed by atoms with Gasteiger partial charge >= 0.3 is 0 Å². The largest absolute Gasteiger partial charge is 0.357 e. The van der Waals surface area contributed by atoms with Crippen molar-refractivity contribution in [1.29, 1.82) is 0 Å². The van der Waals surface area contributed by atoms with Gasteiger partial charge in [0.15, 0.2) is 5.96 Å². The number of likely N-dealkylation sites (tertiary alicyclic amines) is 1. The third-order valence-corrected chi connectivity index (χ3v) is 6.57. The molecule has 1 amide bonds. The zero-order valence-electron chi connectivity index (χ0n) is 15.8. The summed E-state index contributed by atoms with van der Waals surface area (Å²) in [7, 11) is 0. The van der Waals surface area contributed by atoms with Crippen LogP contribution >= 0.6 is 11.8 Å². The highest BCUT2D eigenvalue weighted by molar-refractivity contribution is 8.00. The van der Waals surface area contributed by atoms with Gasteiger partial charge in [-0.25, -0.2) is 0 Å². The van der Waals surface area contributed by atoms with Crippen LogP contribution in [0.25, 0.3) is 0 Å². The molecule has 0 spiro atoms. The minimum absolute atomic E-state index is 0.204. The normalized spacial score (nSPS) is 23.7. The molecule has 0 aromatic rings. The van der Waals surface area contributed by atoms with E-state index in [0.717, 1.165) is 58.1 Å². The Kier molecular flexibility index (Phi) is 7.72. The smallest absolute Gasteiger partial charge is 0.219 e. The monoisotopic (exact) mass is 354 g/mol. The highest BCUT2D eigenvalue weighted by atomic mass is 32.2. The molecule has 2 aliphatic heterocycles. The summed E-state index contributed by atoms with van der Waals surface area (Å²) in [6, 6.07) is 0. The van der Waals surface area contributed by atoms with Gasteiger partial charge in [-0.05, 0) is 31.6 Å². The van der Waals surface area contributed by atoms with Crippen LogP contribution in [0.3, 0.4) is 0 Å². The SMILES string of the molecule is CCNC(=NCC1CCN(C(C)=O)CC1)N1CCSC(C(C)C)C1. The van der Waals surface area contributed by atoms with Crippen LogP contribution in [0.4, 0.5) is 0 Å². The van der Waals surface area contributed by atoms with Gasteiger partial charge in [-0.2, -0.15) is 11.8 Å². The Balaban J connectivity index is 1.90. The molecule has 1 atom stereocenters. The van der Waals surface area contributed by atoms with Gasteiger partial charge in [-0.1, -0.05) is 13.8 Å². The Labute approximate surface area is 151 Å². The fraction of sp³-hybridized carbons (Fsp3) is 0.889. The molecule has 2 rings (SSSR count).